The van der Waals surface area contributed by atoms with Gasteiger partial charge < -0.3 is 20.0 Å². The second-order valence-electron chi connectivity index (χ2n) is 18.7. The fourth-order valence-electron chi connectivity index (χ4n) is 10.6. The number of imidazole rings is 1. The van der Waals surface area contributed by atoms with Crippen molar-refractivity contribution in [2.24, 2.45) is 14.1 Å². The van der Waals surface area contributed by atoms with Gasteiger partial charge >= 0.3 is 5.69 Å². The van der Waals surface area contributed by atoms with E-state index in [4.69, 9.17) is 5.10 Å². The minimum atomic E-state index is -2.68. The molecule has 0 aliphatic carbocycles. The average molecular weight is 922 g/mol. The van der Waals surface area contributed by atoms with E-state index in [9.17, 15) is 32.8 Å². The van der Waals surface area contributed by atoms with Crippen LogP contribution in [-0.4, -0.2) is 94.8 Å². The van der Waals surface area contributed by atoms with Gasteiger partial charge in [-0.2, -0.15) is 10.2 Å². The second-order valence-corrected chi connectivity index (χ2v) is 18.7. The molecule has 2 saturated heterocycles. The number of benzene rings is 2. The van der Waals surface area contributed by atoms with E-state index in [0.29, 0.717) is 68.6 Å². The molecule has 0 radical (unpaired) electrons. The van der Waals surface area contributed by atoms with E-state index in [-0.39, 0.29) is 41.4 Å². The number of aryl methyl sites for hydroxylation is 3. The van der Waals surface area contributed by atoms with Crippen molar-refractivity contribution in [1.29, 1.82) is 0 Å². The summed E-state index contributed by atoms with van der Waals surface area (Å²) in [5, 5.41) is 15.3. The first-order chi connectivity index (χ1) is 32.4. The molecule has 5 aromatic rings. The lowest BCUT2D eigenvalue weighted by atomic mass is 9.92. The Morgan fingerprint density at radius 2 is 1.66 bits per heavy atom. The SMILES string of the molecule is CC(=O)N1CCc2c(c(N3CCCc4cc(-c5cnn(C)c5)c(C(F)F)cc43)nn2C2CCN(C(=O)CCCCCCCCNc3ccc4c(c3)n(C)c(=O)n4C3CCC(=O)NC3=O)CC2)C1. The van der Waals surface area contributed by atoms with Gasteiger partial charge in [-0.3, -0.25) is 43.0 Å². The van der Waals surface area contributed by atoms with Crippen LogP contribution in [0.25, 0.3) is 22.2 Å². The zero-order valence-corrected chi connectivity index (χ0v) is 38.7. The summed E-state index contributed by atoms with van der Waals surface area (Å²) in [5.41, 5.74) is 6.91. The number of unbranched alkanes of at least 4 members (excludes halogenated alkanes) is 5. The molecule has 2 aromatic carbocycles. The van der Waals surface area contributed by atoms with Gasteiger partial charge in [-0.1, -0.05) is 25.7 Å². The molecule has 1 unspecified atom stereocenters. The third-order valence-corrected chi connectivity index (χ3v) is 14.3. The van der Waals surface area contributed by atoms with Gasteiger partial charge in [0.05, 0.1) is 29.8 Å². The molecule has 4 aliphatic heterocycles. The van der Waals surface area contributed by atoms with Crippen molar-refractivity contribution in [2.45, 2.75) is 122 Å². The Morgan fingerprint density at radius 3 is 2.39 bits per heavy atom. The van der Waals surface area contributed by atoms with Gasteiger partial charge in [0, 0.05) is 113 Å². The van der Waals surface area contributed by atoms with Gasteiger partial charge in [-0.25, -0.2) is 13.6 Å². The number of alkyl halides is 2. The van der Waals surface area contributed by atoms with E-state index in [0.717, 1.165) is 110 Å². The molecule has 67 heavy (non-hydrogen) atoms. The highest BCUT2D eigenvalue weighted by atomic mass is 19.3. The van der Waals surface area contributed by atoms with Crippen LogP contribution < -0.4 is 21.2 Å². The normalized spacial score (nSPS) is 17.9. The Bertz CT molecular complexity index is 2750. The number of nitrogens with zero attached hydrogens (tertiary/aromatic N) is 9. The first-order valence-electron chi connectivity index (χ1n) is 24.0. The standard InChI is InChI=1S/C49H61F2N11O5/c1-31(63)59-24-19-39-38(30-59)47(60-21-10-11-32-25-36(33-28-53-56(2)29-33)37(46(50)51)27-42(32)60)55-62(39)35-17-22-58(23-18-35)45(65)12-8-6-4-5-7-9-20-52-34-13-14-40-43(26-34)57(3)49(67)61(40)41-15-16-44(64)54-48(41)66/h13-14,25-29,35,41,46,52H,4-12,15-24,30H2,1-3H3,(H,54,64,66). The highest BCUT2D eigenvalue weighted by molar-refractivity contribution is 6.00. The third-order valence-electron chi connectivity index (χ3n) is 14.3. The summed E-state index contributed by atoms with van der Waals surface area (Å²) in [6, 6.07) is 8.59. The Hall–Kier alpha value is -6.33. The number of imide groups is 1. The van der Waals surface area contributed by atoms with Crippen LogP contribution in [0.5, 0.6) is 0 Å². The maximum Gasteiger partial charge on any atom is 0.329 e. The zero-order valence-electron chi connectivity index (χ0n) is 38.7. The Morgan fingerprint density at radius 1 is 0.881 bits per heavy atom. The van der Waals surface area contributed by atoms with Gasteiger partial charge in [0.1, 0.15) is 6.04 Å². The van der Waals surface area contributed by atoms with Gasteiger partial charge in [0.25, 0.3) is 6.43 Å². The lowest BCUT2D eigenvalue weighted by Gasteiger charge is -2.34. The van der Waals surface area contributed by atoms with E-state index in [2.05, 4.69) is 25.3 Å². The highest BCUT2D eigenvalue weighted by Crippen LogP contribution is 2.44. The van der Waals surface area contributed by atoms with Crippen LogP contribution in [0.1, 0.15) is 125 Å². The predicted molar refractivity (Wildman–Crippen MR) is 250 cm³/mol. The number of hydrogen-bond acceptors (Lipinski definition) is 9. The second kappa shape index (κ2) is 19.5. The molecule has 0 spiro atoms. The number of halogens is 2. The summed E-state index contributed by atoms with van der Waals surface area (Å²) in [7, 11) is 3.47. The van der Waals surface area contributed by atoms with Crippen molar-refractivity contribution < 1.29 is 28.0 Å². The Kier molecular flexibility index (Phi) is 13.3. The van der Waals surface area contributed by atoms with Crippen LogP contribution in [-0.2, 0) is 52.7 Å². The van der Waals surface area contributed by atoms with Gasteiger partial charge in [0.15, 0.2) is 5.82 Å². The first kappa shape index (κ1) is 45.8. The Labute approximate surface area is 388 Å². The molecule has 0 bridgehead atoms. The number of nitrogens with one attached hydrogen (secondary N) is 2. The topological polar surface area (TPSA) is 165 Å². The molecule has 7 heterocycles. The minimum absolute atomic E-state index is 0.00503. The molecule has 3 aromatic heterocycles. The molecule has 4 amide bonds. The van der Waals surface area contributed by atoms with Crippen LogP contribution in [0, 0.1) is 0 Å². The lowest BCUT2D eigenvalue weighted by Crippen LogP contribution is -2.44. The molecule has 356 valence electrons. The number of fused-ring (bicyclic) bond motifs is 3. The molecule has 2 N–H and O–H groups in total. The van der Waals surface area contributed by atoms with Crippen LogP contribution in [0.4, 0.5) is 26.0 Å². The highest BCUT2D eigenvalue weighted by Gasteiger charge is 2.36. The summed E-state index contributed by atoms with van der Waals surface area (Å²) in [6.45, 7) is 5.30. The van der Waals surface area contributed by atoms with Gasteiger partial charge in [-0.15, -0.1) is 0 Å². The molecule has 1 atom stereocenters. The average Bonchev–Trinajstić information content (AvgIpc) is 4.00. The number of rotatable bonds is 15. The fraction of sp³-hybridized carbons (Fsp3) is 0.531. The largest absolute Gasteiger partial charge is 0.385 e. The van der Waals surface area contributed by atoms with Crippen LogP contribution in [0.15, 0.2) is 47.5 Å². The fourth-order valence-corrected chi connectivity index (χ4v) is 10.6. The number of anilines is 3. The molecule has 9 rings (SSSR count). The number of carbonyl (C=O) groups excluding carboxylic acids is 4. The predicted octanol–water partition coefficient (Wildman–Crippen LogP) is 6.85. The molecule has 0 saturated carbocycles. The van der Waals surface area contributed by atoms with E-state index in [1.54, 1.807) is 48.7 Å². The van der Waals surface area contributed by atoms with E-state index in [1.165, 1.54) is 4.57 Å². The van der Waals surface area contributed by atoms with Crippen molar-refractivity contribution >= 4 is 51.9 Å². The summed E-state index contributed by atoms with van der Waals surface area (Å²) < 4.78 is 36.2. The maximum atomic E-state index is 14.7. The molecular formula is C49H61F2N11O5. The zero-order chi connectivity index (χ0) is 46.9. The lowest BCUT2D eigenvalue weighted by molar-refractivity contribution is -0.136. The third kappa shape index (κ3) is 9.35. The monoisotopic (exact) mass is 921 g/mol. The summed E-state index contributed by atoms with van der Waals surface area (Å²) in [4.78, 5) is 69.2. The number of likely N-dealkylation sites (tertiary alicyclic amines) is 1. The number of amides is 4. The van der Waals surface area contributed by atoms with Crippen molar-refractivity contribution in [3.63, 3.8) is 0 Å². The first-order valence-corrected chi connectivity index (χ1v) is 24.0. The summed E-state index contributed by atoms with van der Waals surface area (Å²) in [5.74, 6) is 0.157. The molecular weight excluding hydrogens is 861 g/mol. The van der Waals surface area contributed by atoms with Crippen molar-refractivity contribution in [3.05, 3.63) is 75.6 Å². The number of carbonyl (C=O) groups is 4. The van der Waals surface area contributed by atoms with Crippen molar-refractivity contribution in [3.8, 4) is 11.1 Å². The van der Waals surface area contributed by atoms with Crippen molar-refractivity contribution in [1.82, 2.24) is 43.8 Å². The van der Waals surface area contributed by atoms with E-state index in [1.807, 2.05) is 34.1 Å². The Balaban J connectivity index is 0.752. The van der Waals surface area contributed by atoms with Crippen LogP contribution >= 0.6 is 0 Å². The summed E-state index contributed by atoms with van der Waals surface area (Å²) >= 11 is 0. The minimum Gasteiger partial charge on any atom is -0.385 e. The number of hydrogen-bond donors (Lipinski definition) is 2. The van der Waals surface area contributed by atoms with Crippen LogP contribution in [0.3, 0.4) is 0 Å². The molecule has 18 heteroatoms. The van der Waals surface area contributed by atoms with Crippen molar-refractivity contribution in [2.75, 3.05) is 42.9 Å². The van der Waals surface area contributed by atoms with Crippen LogP contribution in [0.2, 0.25) is 0 Å². The summed E-state index contributed by atoms with van der Waals surface area (Å²) in [6.07, 6.45) is 11.5. The van der Waals surface area contributed by atoms with E-state index >= 15 is 0 Å². The number of aromatic nitrogens is 6. The molecule has 2 fully saturated rings. The van der Waals surface area contributed by atoms with E-state index < -0.39 is 18.4 Å². The maximum absolute atomic E-state index is 14.7. The smallest absolute Gasteiger partial charge is 0.329 e. The molecule has 16 nitrogen and oxygen atoms in total. The number of piperidine rings is 2. The quantitative estimate of drug-likeness (QED) is 0.0845. The van der Waals surface area contributed by atoms with Gasteiger partial charge in [0.2, 0.25) is 23.6 Å². The molecule has 4 aliphatic rings. The van der Waals surface area contributed by atoms with Gasteiger partial charge in [-0.05, 0) is 86.4 Å².